The fourth-order valence-corrected chi connectivity index (χ4v) is 3.65. The summed E-state index contributed by atoms with van der Waals surface area (Å²) in [6.45, 7) is 12.8. The van der Waals surface area contributed by atoms with Gasteiger partial charge in [-0.3, -0.25) is 4.90 Å². The lowest BCUT2D eigenvalue weighted by Gasteiger charge is -2.24. The summed E-state index contributed by atoms with van der Waals surface area (Å²) in [6.07, 6.45) is 12.1. The molecular formula is C24H54N4O2. The Morgan fingerprint density at radius 1 is 0.800 bits per heavy atom. The molecule has 0 aromatic heterocycles. The van der Waals surface area contributed by atoms with Crippen LogP contribution in [0.2, 0.25) is 0 Å². The van der Waals surface area contributed by atoms with E-state index >= 15 is 0 Å². The molecule has 0 aliphatic rings. The molecule has 3 atom stereocenters. The van der Waals surface area contributed by atoms with Crippen molar-refractivity contribution >= 4 is 0 Å². The average Bonchev–Trinajstić information content (AvgIpc) is 2.75. The number of hydrogen-bond acceptors (Lipinski definition) is 6. The Morgan fingerprint density at radius 2 is 1.37 bits per heavy atom. The first-order chi connectivity index (χ1) is 14.5. The number of unbranched alkanes of at least 4 members (excludes halogenated alkanes) is 7. The van der Waals surface area contributed by atoms with E-state index in [0.717, 1.165) is 45.6 Å². The monoisotopic (exact) mass is 430 g/mol. The third-order valence-electron chi connectivity index (χ3n) is 6.03. The van der Waals surface area contributed by atoms with Gasteiger partial charge < -0.3 is 26.6 Å². The topological polar surface area (TPSA) is 93.8 Å². The third-order valence-corrected chi connectivity index (χ3v) is 6.03. The minimum Gasteiger partial charge on any atom is -0.392 e. The van der Waals surface area contributed by atoms with Crippen molar-refractivity contribution in [1.82, 2.24) is 15.5 Å². The molecule has 6 heteroatoms. The van der Waals surface area contributed by atoms with Gasteiger partial charge in [0, 0.05) is 52.4 Å². The Bertz CT molecular complexity index is 347. The van der Waals surface area contributed by atoms with Gasteiger partial charge in [0.25, 0.3) is 0 Å². The van der Waals surface area contributed by atoms with Gasteiger partial charge in [-0.25, -0.2) is 0 Å². The SMILES string of the molecule is CCCCCCCCCCC(C)C(O)CNCCN(CCN)CCNCC(O)CC. The van der Waals surface area contributed by atoms with E-state index in [0.29, 0.717) is 25.6 Å². The van der Waals surface area contributed by atoms with E-state index in [1.54, 1.807) is 0 Å². The molecule has 3 unspecified atom stereocenters. The molecule has 6 nitrogen and oxygen atoms in total. The first-order valence-corrected chi connectivity index (χ1v) is 12.7. The van der Waals surface area contributed by atoms with Crippen LogP contribution in [-0.2, 0) is 0 Å². The summed E-state index contributed by atoms with van der Waals surface area (Å²) in [7, 11) is 0. The van der Waals surface area contributed by atoms with Gasteiger partial charge in [-0.2, -0.15) is 0 Å². The van der Waals surface area contributed by atoms with Gasteiger partial charge in [0.2, 0.25) is 0 Å². The van der Waals surface area contributed by atoms with Gasteiger partial charge in [-0.05, 0) is 18.8 Å². The van der Waals surface area contributed by atoms with E-state index in [1.165, 1.54) is 51.4 Å². The normalized spacial score (nSPS) is 14.9. The molecule has 0 amide bonds. The molecule has 0 saturated carbocycles. The molecule has 0 aromatic rings. The lowest BCUT2D eigenvalue weighted by Crippen LogP contribution is -2.42. The lowest BCUT2D eigenvalue weighted by molar-refractivity contribution is 0.108. The van der Waals surface area contributed by atoms with Crippen molar-refractivity contribution in [3.05, 3.63) is 0 Å². The van der Waals surface area contributed by atoms with Crippen molar-refractivity contribution in [2.24, 2.45) is 11.7 Å². The number of aliphatic hydroxyl groups is 2. The minimum absolute atomic E-state index is 0.260. The largest absolute Gasteiger partial charge is 0.392 e. The summed E-state index contributed by atoms with van der Waals surface area (Å²) in [5.41, 5.74) is 5.73. The second-order valence-electron chi connectivity index (χ2n) is 8.91. The second kappa shape index (κ2) is 22.0. The van der Waals surface area contributed by atoms with Crippen LogP contribution in [0.25, 0.3) is 0 Å². The maximum atomic E-state index is 10.4. The van der Waals surface area contributed by atoms with Crippen LogP contribution in [0.15, 0.2) is 0 Å². The summed E-state index contributed by atoms with van der Waals surface area (Å²) in [6, 6.07) is 0. The van der Waals surface area contributed by atoms with Crippen LogP contribution >= 0.6 is 0 Å². The summed E-state index contributed by atoms with van der Waals surface area (Å²) < 4.78 is 0. The number of aliphatic hydroxyl groups excluding tert-OH is 2. The highest BCUT2D eigenvalue weighted by Gasteiger charge is 2.13. The highest BCUT2D eigenvalue weighted by molar-refractivity contribution is 4.69. The molecule has 30 heavy (non-hydrogen) atoms. The smallest absolute Gasteiger partial charge is 0.0690 e. The van der Waals surface area contributed by atoms with E-state index in [-0.39, 0.29) is 12.2 Å². The standard InChI is InChI=1S/C24H54N4O2/c1-4-6-7-8-9-10-11-12-13-22(3)24(30)21-27-16-19-28(17-14-25)18-15-26-20-23(29)5-2/h22-24,26-27,29-30H,4-21,25H2,1-3H3. The zero-order valence-electron chi connectivity index (χ0n) is 20.4. The molecule has 6 N–H and O–H groups in total. The van der Waals surface area contributed by atoms with Gasteiger partial charge in [-0.1, -0.05) is 72.1 Å². The highest BCUT2D eigenvalue weighted by Crippen LogP contribution is 2.15. The molecule has 0 bridgehead atoms. The van der Waals surface area contributed by atoms with Gasteiger partial charge in [0.1, 0.15) is 0 Å². The highest BCUT2D eigenvalue weighted by atomic mass is 16.3. The Hall–Kier alpha value is -0.240. The van der Waals surface area contributed by atoms with Crippen LogP contribution < -0.4 is 16.4 Å². The maximum absolute atomic E-state index is 10.4. The van der Waals surface area contributed by atoms with E-state index < -0.39 is 0 Å². The minimum atomic E-state index is -0.269. The zero-order chi connectivity index (χ0) is 22.5. The van der Waals surface area contributed by atoms with Crippen LogP contribution in [0, 0.1) is 5.92 Å². The van der Waals surface area contributed by atoms with Crippen molar-refractivity contribution < 1.29 is 10.2 Å². The zero-order valence-corrected chi connectivity index (χ0v) is 20.4. The molecule has 0 aromatic carbocycles. The second-order valence-corrected chi connectivity index (χ2v) is 8.91. The van der Waals surface area contributed by atoms with Crippen LogP contribution in [0.5, 0.6) is 0 Å². The van der Waals surface area contributed by atoms with Crippen molar-refractivity contribution in [2.45, 2.75) is 97.2 Å². The Kier molecular flexibility index (Phi) is 21.8. The average molecular weight is 431 g/mol. The van der Waals surface area contributed by atoms with E-state index in [9.17, 15) is 10.2 Å². The molecular weight excluding hydrogens is 376 g/mol. The molecule has 182 valence electrons. The van der Waals surface area contributed by atoms with Gasteiger partial charge in [0.05, 0.1) is 12.2 Å². The fraction of sp³-hybridized carbons (Fsp3) is 1.00. The van der Waals surface area contributed by atoms with Crippen molar-refractivity contribution in [3.8, 4) is 0 Å². The third kappa shape index (κ3) is 18.5. The van der Waals surface area contributed by atoms with Crippen LogP contribution in [0.4, 0.5) is 0 Å². The van der Waals surface area contributed by atoms with Gasteiger partial charge >= 0.3 is 0 Å². The molecule has 0 saturated heterocycles. The fourth-order valence-electron chi connectivity index (χ4n) is 3.65. The van der Waals surface area contributed by atoms with Crippen LogP contribution in [0.3, 0.4) is 0 Å². The maximum Gasteiger partial charge on any atom is 0.0690 e. The molecule has 0 heterocycles. The summed E-state index contributed by atoms with van der Waals surface area (Å²) in [5, 5.41) is 26.7. The van der Waals surface area contributed by atoms with Crippen molar-refractivity contribution in [1.29, 1.82) is 0 Å². The lowest BCUT2D eigenvalue weighted by atomic mass is 9.96. The Labute approximate surface area is 187 Å². The van der Waals surface area contributed by atoms with Gasteiger partial charge in [0.15, 0.2) is 0 Å². The van der Waals surface area contributed by atoms with Gasteiger partial charge in [-0.15, -0.1) is 0 Å². The van der Waals surface area contributed by atoms with E-state index in [2.05, 4.69) is 29.4 Å². The summed E-state index contributed by atoms with van der Waals surface area (Å²) >= 11 is 0. The summed E-state index contributed by atoms with van der Waals surface area (Å²) in [5.74, 6) is 0.354. The first-order valence-electron chi connectivity index (χ1n) is 12.7. The van der Waals surface area contributed by atoms with Crippen molar-refractivity contribution in [2.75, 3.05) is 52.4 Å². The number of hydrogen-bond donors (Lipinski definition) is 5. The van der Waals surface area contributed by atoms with Crippen LogP contribution in [0.1, 0.15) is 85.0 Å². The van der Waals surface area contributed by atoms with Crippen LogP contribution in [-0.4, -0.2) is 79.7 Å². The van der Waals surface area contributed by atoms with Crippen molar-refractivity contribution in [3.63, 3.8) is 0 Å². The first kappa shape index (κ1) is 29.8. The van der Waals surface area contributed by atoms with E-state index in [1.807, 2.05) is 6.92 Å². The quantitative estimate of drug-likeness (QED) is 0.160. The molecule has 0 radical (unpaired) electrons. The predicted molar refractivity (Wildman–Crippen MR) is 130 cm³/mol. The number of rotatable bonds is 23. The molecule has 0 aliphatic carbocycles. The number of nitrogens with one attached hydrogen (secondary N) is 2. The molecule has 0 spiro atoms. The predicted octanol–water partition coefficient (Wildman–Crippen LogP) is 2.73. The van der Waals surface area contributed by atoms with E-state index in [4.69, 9.17) is 5.73 Å². The number of nitrogens with two attached hydrogens (primary N) is 1. The number of nitrogens with zero attached hydrogens (tertiary/aromatic N) is 1. The Morgan fingerprint density at radius 3 is 1.93 bits per heavy atom. The molecule has 0 aliphatic heterocycles. The summed E-state index contributed by atoms with van der Waals surface area (Å²) in [4.78, 5) is 2.33. The molecule has 0 rings (SSSR count). The molecule has 0 fully saturated rings. The Balaban J connectivity index is 3.73.